The van der Waals surface area contributed by atoms with Gasteiger partial charge in [-0.05, 0) is 37.8 Å². The van der Waals surface area contributed by atoms with Crippen LogP contribution in [-0.2, 0) is 9.59 Å². The van der Waals surface area contributed by atoms with Crippen molar-refractivity contribution in [2.24, 2.45) is 5.92 Å². The molecule has 3 fully saturated rings. The maximum absolute atomic E-state index is 13.1. The van der Waals surface area contributed by atoms with Gasteiger partial charge in [-0.3, -0.25) is 9.59 Å². The first-order valence-corrected chi connectivity index (χ1v) is 9.25. The second kappa shape index (κ2) is 5.58. The average Bonchev–Trinajstić information content (AvgIpc) is 3.05. The third-order valence-electron chi connectivity index (χ3n) is 5.75. The fourth-order valence-corrected chi connectivity index (χ4v) is 4.32. The molecule has 1 N–H and O–H groups in total. The Morgan fingerprint density at radius 2 is 2.04 bits per heavy atom. The number of nitrogens with one attached hydrogen (secondary N) is 1. The lowest BCUT2D eigenvalue weighted by Gasteiger charge is -2.26. The monoisotopic (exact) mass is 338 g/mol. The predicted molar refractivity (Wildman–Crippen MR) is 92.6 cm³/mol. The Morgan fingerprint density at radius 1 is 1.20 bits per heavy atom. The number of carbonyl (C=O) groups excluding carboxylic acids is 2. The number of hydrogen-bond acceptors (Lipinski definition) is 3. The number of rotatable bonds is 3. The first-order valence-electron chi connectivity index (χ1n) is 9.25. The SMILES string of the molecule is O=C1C[C@@H](C(=O)N2CCC[C@H]2c2nc3ccccc3[nH]2)CN1C1CC1. The molecule has 1 aromatic heterocycles. The molecule has 1 aromatic carbocycles. The molecular weight excluding hydrogens is 316 g/mol. The molecule has 2 saturated heterocycles. The lowest BCUT2D eigenvalue weighted by molar-refractivity contribution is -0.136. The Morgan fingerprint density at radius 3 is 2.84 bits per heavy atom. The molecule has 0 radical (unpaired) electrons. The highest BCUT2D eigenvalue weighted by molar-refractivity contribution is 5.90. The standard InChI is InChI=1S/C19H22N4O2/c24-17-10-12(11-23(17)13-7-8-13)19(25)22-9-3-6-16(22)18-20-14-4-1-2-5-15(14)21-18/h1-2,4-5,12-13,16H,3,6-11H2,(H,20,21)/t12-,16+/m1/s1. The van der Waals surface area contributed by atoms with E-state index in [1.165, 1.54) is 0 Å². The second-order valence-electron chi connectivity index (χ2n) is 7.51. The molecule has 1 aliphatic carbocycles. The lowest BCUT2D eigenvalue weighted by atomic mass is 10.1. The number of amides is 2. The van der Waals surface area contributed by atoms with Crippen LogP contribution in [0.5, 0.6) is 0 Å². The van der Waals surface area contributed by atoms with E-state index >= 15 is 0 Å². The second-order valence-corrected chi connectivity index (χ2v) is 7.51. The number of hydrogen-bond donors (Lipinski definition) is 1. The summed E-state index contributed by atoms with van der Waals surface area (Å²) in [5, 5.41) is 0. The zero-order valence-electron chi connectivity index (χ0n) is 14.1. The van der Waals surface area contributed by atoms with Crippen LogP contribution in [0.3, 0.4) is 0 Å². The predicted octanol–water partition coefficient (Wildman–Crippen LogP) is 2.24. The molecule has 0 unspecified atom stereocenters. The van der Waals surface area contributed by atoms with Crippen molar-refractivity contribution in [2.45, 2.75) is 44.2 Å². The van der Waals surface area contributed by atoms with Crippen LogP contribution in [0.15, 0.2) is 24.3 Å². The maximum Gasteiger partial charge on any atom is 0.228 e. The maximum atomic E-state index is 13.1. The van der Waals surface area contributed by atoms with Crippen molar-refractivity contribution >= 4 is 22.8 Å². The Bertz CT molecular complexity index is 808. The van der Waals surface area contributed by atoms with E-state index in [0.717, 1.165) is 49.1 Å². The number of nitrogens with zero attached hydrogens (tertiary/aromatic N) is 3. The highest BCUT2D eigenvalue weighted by Gasteiger charge is 2.44. The molecule has 6 heteroatoms. The highest BCUT2D eigenvalue weighted by atomic mass is 16.2. The van der Waals surface area contributed by atoms with Gasteiger partial charge in [0.15, 0.2) is 0 Å². The zero-order chi connectivity index (χ0) is 17.0. The van der Waals surface area contributed by atoms with Crippen LogP contribution >= 0.6 is 0 Å². The zero-order valence-corrected chi connectivity index (χ0v) is 14.1. The van der Waals surface area contributed by atoms with Crippen LogP contribution in [0.2, 0.25) is 0 Å². The number of aromatic nitrogens is 2. The quantitative estimate of drug-likeness (QED) is 0.933. The Hall–Kier alpha value is -2.37. The van der Waals surface area contributed by atoms with Crippen molar-refractivity contribution in [2.75, 3.05) is 13.1 Å². The molecule has 25 heavy (non-hydrogen) atoms. The van der Waals surface area contributed by atoms with Gasteiger partial charge in [0, 0.05) is 25.6 Å². The van der Waals surface area contributed by atoms with Gasteiger partial charge >= 0.3 is 0 Å². The van der Waals surface area contributed by atoms with Crippen molar-refractivity contribution in [3.63, 3.8) is 0 Å². The Kier molecular flexibility index (Phi) is 3.33. The van der Waals surface area contributed by atoms with E-state index in [2.05, 4.69) is 4.98 Å². The summed E-state index contributed by atoms with van der Waals surface area (Å²) in [5.74, 6) is 0.966. The van der Waals surface area contributed by atoms with E-state index < -0.39 is 0 Å². The van der Waals surface area contributed by atoms with Gasteiger partial charge in [-0.25, -0.2) is 4.98 Å². The minimum Gasteiger partial charge on any atom is -0.340 e. The van der Waals surface area contributed by atoms with Crippen molar-refractivity contribution in [1.29, 1.82) is 0 Å². The van der Waals surface area contributed by atoms with Crippen LogP contribution in [0.25, 0.3) is 11.0 Å². The van der Waals surface area contributed by atoms with Crippen LogP contribution in [0, 0.1) is 5.92 Å². The molecule has 2 aromatic rings. The largest absolute Gasteiger partial charge is 0.340 e. The van der Waals surface area contributed by atoms with Crippen molar-refractivity contribution < 1.29 is 9.59 Å². The van der Waals surface area contributed by atoms with E-state index in [0.29, 0.717) is 19.0 Å². The Labute approximate surface area is 146 Å². The number of H-pyrrole nitrogens is 1. The summed E-state index contributed by atoms with van der Waals surface area (Å²) in [6.07, 6.45) is 4.48. The Balaban J connectivity index is 1.37. The van der Waals surface area contributed by atoms with Crippen molar-refractivity contribution in [1.82, 2.24) is 19.8 Å². The molecule has 3 aliphatic rings. The van der Waals surface area contributed by atoms with Crippen LogP contribution in [-0.4, -0.2) is 50.7 Å². The van der Waals surface area contributed by atoms with Gasteiger partial charge in [-0.2, -0.15) is 0 Å². The third kappa shape index (κ3) is 2.51. The number of benzene rings is 1. The van der Waals surface area contributed by atoms with Crippen molar-refractivity contribution in [3.8, 4) is 0 Å². The van der Waals surface area contributed by atoms with E-state index in [-0.39, 0.29) is 23.8 Å². The number of para-hydroxylation sites is 2. The molecule has 3 heterocycles. The summed E-state index contributed by atoms with van der Waals surface area (Å²) in [4.78, 5) is 37.2. The molecular formula is C19H22N4O2. The minimum atomic E-state index is -0.182. The number of carbonyl (C=O) groups is 2. The van der Waals surface area contributed by atoms with E-state index in [4.69, 9.17) is 4.98 Å². The summed E-state index contributed by atoms with van der Waals surface area (Å²) in [5.41, 5.74) is 1.94. The van der Waals surface area contributed by atoms with Gasteiger partial charge < -0.3 is 14.8 Å². The number of aromatic amines is 1. The van der Waals surface area contributed by atoms with E-state index in [1.807, 2.05) is 34.1 Å². The number of fused-ring (bicyclic) bond motifs is 1. The molecule has 0 bridgehead atoms. The van der Waals surface area contributed by atoms with Gasteiger partial charge in [0.25, 0.3) is 0 Å². The molecule has 6 nitrogen and oxygen atoms in total. The van der Waals surface area contributed by atoms with E-state index in [9.17, 15) is 9.59 Å². The molecule has 5 rings (SSSR count). The summed E-state index contributed by atoms with van der Waals surface area (Å²) in [7, 11) is 0. The van der Waals surface area contributed by atoms with Gasteiger partial charge in [0.1, 0.15) is 5.82 Å². The molecule has 0 spiro atoms. The highest BCUT2D eigenvalue weighted by Crippen LogP contribution is 2.37. The topological polar surface area (TPSA) is 69.3 Å². The van der Waals surface area contributed by atoms with E-state index in [1.54, 1.807) is 0 Å². The lowest BCUT2D eigenvalue weighted by Crippen LogP contribution is -2.37. The molecule has 2 aliphatic heterocycles. The summed E-state index contributed by atoms with van der Waals surface area (Å²) in [6, 6.07) is 8.36. The van der Waals surface area contributed by atoms with Crippen LogP contribution < -0.4 is 0 Å². The average molecular weight is 338 g/mol. The van der Waals surface area contributed by atoms with Crippen LogP contribution in [0.1, 0.15) is 44.0 Å². The summed E-state index contributed by atoms with van der Waals surface area (Å²) >= 11 is 0. The van der Waals surface area contributed by atoms with Gasteiger partial charge in [0.2, 0.25) is 11.8 Å². The van der Waals surface area contributed by atoms with Crippen molar-refractivity contribution in [3.05, 3.63) is 30.1 Å². The molecule has 1 saturated carbocycles. The molecule has 130 valence electrons. The molecule has 2 atom stereocenters. The van der Waals surface area contributed by atoms with Gasteiger partial charge in [-0.15, -0.1) is 0 Å². The van der Waals surface area contributed by atoms with Crippen LogP contribution in [0.4, 0.5) is 0 Å². The normalized spacial score (nSPS) is 26.8. The first kappa shape index (κ1) is 14.9. The fourth-order valence-electron chi connectivity index (χ4n) is 4.32. The fraction of sp³-hybridized carbons (Fsp3) is 0.526. The smallest absolute Gasteiger partial charge is 0.228 e. The number of imidazole rings is 1. The van der Waals surface area contributed by atoms with Gasteiger partial charge in [-0.1, -0.05) is 12.1 Å². The van der Waals surface area contributed by atoms with Gasteiger partial charge in [0.05, 0.1) is 23.0 Å². The summed E-state index contributed by atoms with van der Waals surface area (Å²) < 4.78 is 0. The number of likely N-dealkylation sites (tertiary alicyclic amines) is 2. The summed E-state index contributed by atoms with van der Waals surface area (Å²) in [6.45, 7) is 1.36. The minimum absolute atomic E-state index is 0.00461. The third-order valence-corrected chi connectivity index (χ3v) is 5.75. The molecule has 2 amide bonds. The first-order chi connectivity index (χ1) is 12.2.